The predicted molar refractivity (Wildman–Crippen MR) is 55.4 cm³/mol. The highest BCUT2D eigenvalue weighted by Crippen LogP contribution is 2.35. The summed E-state index contributed by atoms with van der Waals surface area (Å²) in [7, 11) is 0. The minimum atomic E-state index is 0.803. The van der Waals surface area contributed by atoms with Crippen molar-refractivity contribution in [3.8, 4) is 0 Å². The average Bonchev–Trinajstić information content (AvgIpc) is 2.58. The lowest BCUT2D eigenvalue weighted by Crippen LogP contribution is -2.31. The smallest absolute Gasteiger partial charge is 0.0561 e. The van der Waals surface area contributed by atoms with E-state index in [1.54, 1.807) is 0 Å². The monoisotopic (exact) mass is 185 g/mol. The Bertz CT molecular complexity index is 135. The first-order valence-corrected chi connectivity index (χ1v) is 6.26. The SMILES string of the molecule is CC1CCC(C2NCCS2)CC1. The standard InChI is InChI=1S/C10H19NS/c1-8-2-4-9(5-3-8)10-11-6-7-12-10/h8-11H,2-7H2,1H3. The zero-order valence-electron chi connectivity index (χ0n) is 7.88. The van der Waals surface area contributed by atoms with E-state index in [0.717, 1.165) is 17.2 Å². The molecule has 2 aliphatic rings. The van der Waals surface area contributed by atoms with E-state index < -0.39 is 0 Å². The molecular formula is C10H19NS. The van der Waals surface area contributed by atoms with Gasteiger partial charge in [0.05, 0.1) is 5.37 Å². The Morgan fingerprint density at radius 2 is 1.92 bits per heavy atom. The zero-order chi connectivity index (χ0) is 8.39. The van der Waals surface area contributed by atoms with E-state index in [1.807, 2.05) is 0 Å². The molecule has 1 atom stereocenters. The molecule has 0 aromatic carbocycles. The van der Waals surface area contributed by atoms with Gasteiger partial charge in [-0.05, 0) is 24.7 Å². The van der Waals surface area contributed by atoms with Crippen LogP contribution in [0.4, 0.5) is 0 Å². The van der Waals surface area contributed by atoms with Crippen molar-refractivity contribution in [1.82, 2.24) is 5.32 Å². The Hall–Kier alpha value is 0.310. The van der Waals surface area contributed by atoms with Gasteiger partial charge in [0.1, 0.15) is 0 Å². The summed E-state index contributed by atoms with van der Waals surface area (Å²) in [4.78, 5) is 0. The lowest BCUT2D eigenvalue weighted by molar-refractivity contribution is 0.274. The molecular weight excluding hydrogens is 166 g/mol. The number of rotatable bonds is 1. The third-order valence-electron chi connectivity index (χ3n) is 3.23. The molecule has 2 fully saturated rings. The lowest BCUT2D eigenvalue weighted by Gasteiger charge is -2.30. The molecule has 0 amide bonds. The number of thioether (sulfide) groups is 1. The third-order valence-corrected chi connectivity index (χ3v) is 4.58. The molecule has 0 aromatic heterocycles. The van der Waals surface area contributed by atoms with Gasteiger partial charge in [-0.15, -0.1) is 11.8 Å². The molecule has 1 heterocycles. The quantitative estimate of drug-likeness (QED) is 0.673. The molecule has 2 rings (SSSR count). The summed E-state index contributed by atoms with van der Waals surface area (Å²) in [5.74, 6) is 3.30. The van der Waals surface area contributed by atoms with Crippen molar-refractivity contribution in [3.05, 3.63) is 0 Å². The van der Waals surface area contributed by atoms with E-state index in [4.69, 9.17) is 0 Å². The first kappa shape index (κ1) is 8.89. The van der Waals surface area contributed by atoms with Gasteiger partial charge < -0.3 is 5.32 Å². The predicted octanol–water partition coefficient (Wildman–Crippen LogP) is 2.48. The molecule has 1 nitrogen and oxygen atoms in total. The summed E-state index contributed by atoms with van der Waals surface area (Å²) in [5, 5.41) is 4.41. The molecule has 0 radical (unpaired) electrons. The molecule has 12 heavy (non-hydrogen) atoms. The van der Waals surface area contributed by atoms with Crippen LogP contribution in [0.1, 0.15) is 32.6 Å². The summed E-state index contributed by atoms with van der Waals surface area (Å²) in [6, 6.07) is 0. The molecule has 70 valence electrons. The van der Waals surface area contributed by atoms with Crippen LogP contribution >= 0.6 is 11.8 Å². The van der Waals surface area contributed by atoms with Crippen molar-refractivity contribution in [1.29, 1.82) is 0 Å². The van der Waals surface area contributed by atoms with Crippen molar-refractivity contribution in [2.75, 3.05) is 12.3 Å². The highest BCUT2D eigenvalue weighted by molar-refractivity contribution is 8.00. The maximum absolute atomic E-state index is 3.60. The second kappa shape index (κ2) is 4.01. The first-order valence-electron chi connectivity index (χ1n) is 5.21. The lowest BCUT2D eigenvalue weighted by atomic mass is 9.83. The number of hydrogen-bond donors (Lipinski definition) is 1. The van der Waals surface area contributed by atoms with E-state index >= 15 is 0 Å². The molecule has 1 N–H and O–H groups in total. The van der Waals surface area contributed by atoms with E-state index in [9.17, 15) is 0 Å². The van der Waals surface area contributed by atoms with E-state index in [-0.39, 0.29) is 0 Å². The van der Waals surface area contributed by atoms with Gasteiger partial charge in [0, 0.05) is 12.3 Å². The van der Waals surface area contributed by atoms with Crippen LogP contribution < -0.4 is 5.32 Å². The van der Waals surface area contributed by atoms with Crippen LogP contribution in [0.3, 0.4) is 0 Å². The summed E-state index contributed by atoms with van der Waals surface area (Å²) in [6.45, 7) is 3.63. The van der Waals surface area contributed by atoms with Gasteiger partial charge in [-0.1, -0.05) is 19.8 Å². The van der Waals surface area contributed by atoms with Crippen molar-refractivity contribution in [2.24, 2.45) is 11.8 Å². The van der Waals surface area contributed by atoms with Crippen molar-refractivity contribution in [3.63, 3.8) is 0 Å². The van der Waals surface area contributed by atoms with Crippen LogP contribution in [0.2, 0.25) is 0 Å². The molecule has 0 aromatic rings. The van der Waals surface area contributed by atoms with Gasteiger partial charge in [-0.25, -0.2) is 0 Å². The first-order chi connectivity index (χ1) is 5.86. The van der Waals surface area contributed by atoms with E-state index in [0.29, 0.717) is 0 Å². The van der Waals surface area contributed by atoms with E-state index in [2.05, 4.69) is 24.0 Å². The Kier molecular flexibility index (Phi) is 2.97. The third kappa shape index (κ3) is 1.97. The molecule has 1 unspecified atom stereocenters. The fourth-order valence-electron chi connectivity index (χ4n) is 2.34. The van der Waals surface area contributed by atoms with Crippen LogP contribution in [0.15, 0.2) is 0 Å². The molecule has 2 heteroatoms. The van der Waals surface area contributed by atoms with Gasteiger partial charge in [-0.3, -0.25) is 0 Å². The maximum Gasteiger partial charge on any atom is 0.0561 e. The molecule has 1 saturated carbocycles. The van der Waals surface area contributed by atoms with Gasteiger partial charge in [0.15, 0.2) is 0 Å². The second-order valence-corrected chi connectivity index (χ2v) is 5.51. The average molecular weight is 185 g/mol. The van der Waals surface area contributed by atoms with Gasteiger partial charge >= 0.3 is 0 Å². The summed E-state index contributed by atoms with van der Waals surface area (Å²) in [5.41, 5.74) is 0. The topological polar surface area (TPSA) is 12.0 Å². The zero-order valence-corrected chi connectivity index (χ0v) is 8.70. The highest BCUT2D eigenvalue weighted by atomic mass is 32.2. The fraction of sp³-hybridized carbons (Fsp3) is 1.00. The van der Waals surface area contributed by atoms with Gasteiger partial charge in [0.25, 0.3) is 0 Å². The van der Waals surface area contributed by atoms with E-state index in [1.165, 1.54) is 38.0 Å². The summed E-state index contributed by atoms with van der Waals surface area (Å²) < 4.78 is 0. The van der Waals surface area contributed by atoms with Crippen LogP contribution in [0, 0.1) is 11.8 Å². The Labute approximate surface area is 79.7 Å². The largest absolute Gasteiger partial charge is 0.304 e. The second-order valence-electron chi connectivity index (χ2n) is 4.27. The molecule has 0 bridgehead atoms. The maximum atomic E-state index is 3.60. The van der Waals surface area contributed by atoms with Crippen molar-refractivity contribution >= 4 is 11.8 Å². The minimum absolute atomic E-state index is 0.803. The van der Waals surface area contributed by atoms with Crippen LogP contribution in [-0.2, 0) is 0 Å². The summed E-state index contributed by atoms with van der Waals surface area (Å²) in [6.07, 6.45) is 5.85. The molecule has 1 aliphatic heterocycles. The van der Waals surface area contributed by atoms with Crippen molar-refractivity contribution in [2.45, 2.75) is 38.0 Å². The van der Waals surface area contributed by atoms with Crippen LogP contribution in [0.5, 0.6) is 0 Å². The summed E-state index contributed by atoms with van der Waals surface area (Å²) >= 11 is 2.14. The van der Waals surface area contributed by atoms with Crippen molar-refractivity contribution < 1.29 is 0 Å². The van der Waals surface area contributed by atoms with Gasteiger partial charge in [0.2, 0.25) is 0 Å². The Morgan fingerprint density at radius 1 is 1.17 bits per heavy atom. The fourth-order valence-corrected chi connectivity index (χ4v) is 3.61. The number of nitrogens with one attached hydrogen (secondary N) is 1. The normalized spacial score (nSPS) is 43.2. The molecule has 1 saturated heterocycles. The van der Waals surface area contributed by atoms with Crippen LogP contribution in [0.25, 0.3) is 0 Å². The Morgan fingerprint density at radius 3 is 2.50 bits per heavy atom. The molecule has 1 aliphatic carbocycles. The minimum Gasteiger partial charge on any atom is -0.304 e. The number of hydrogen-bond acceptors (Lipinski definition) is 2. The Balaban J connectivity index is 1.80. The van der Waals surface area contributed by atoms with Gasteiger partial charge in [-0.2, -0.15) is 0 Å². The van der Waals surface area contributed by atoms with Crippen LogP contribution in [-0.4, -0.2) is 17.7 Å². The molecule has 0 spiro atoms. The highest BCUT2D eigenvalue weighted by Gasteiger charge is 2.28.